The fourth-order valence-electron chi connectivity index (χ4n) is 6.02. The highest BCUT2D eigenvalue weighted by Crippen LogP contribution is 2.63. The lowest BCUT2D eigenvalue weighted by Crippen LogP contribution is -2.43. The Morgan fingerprint density at radius 1 is 0.839 bits per heavy atom. The maximum Gasteiger partial charge on any atom is 0.241 e. The Morgan fingerprint density at radius 3 is 2.23 bits per heavy atom. The van der Waals surface area contributed by atoms with Gasteiger partial charge >= 0.3 is 0 Å². The molecule has 1 N–H and O–H groups in total. The third kappa shape index (κ3) is 2.57. The second-order valence-electron chi connectivity index (χ2n) is 8.67. The third-order valence-electron chi connectivity index (χ3n) is 7.14. The van der Waals surface area contributed by atoms with Gasteiger partial charge in [0.2, 0.25) is 10.0 Å². The van der Waals surface area contributed by atoms with E-state index in [2.05, 4.69) is 4.72 Å². The van der Waals surface area contributed by atoms with Crippen molar-refractivity contribution in [1.29, 1.82) is 0 Å². The van der Waals surface area contributed by atoms with E-state index in [-0.39, 0.29) is 23.5 Å². The molecule has 0 radical (unpaired) electrons. The molecule has 1 saturated carbocycles. The molecule has 5 heteroatoms. The van der Waals surface area contributed by atoms with Gasteiger partial charge in [-0.3, -0.25) is 4.79 Å². The lowest BCUT2D eigenvalue weighted by molar-refractivity contribution is -0.118. The van der Waals surface area contributed by atoms with Gasteiger partial charge in [0.25, 0.3) is 0 Å². The van der Waals surface area contributed by atoms with Crippen molar-refractivity contribution in [2.75, 3.05) is 0 Å². The van der Waals surface area contributed by atoms with E-state index in [1.165, 1.54) is 0 Å². The molecule has 4 atom stereocenters. The second kappa shape index (κ2) is 6.49. The van der Waals surface area contributed by atoms with Crippen LogP contribution in [0.2, 0.25) is 0 Å². The molecule has 3 aromatic rings. The van der Waals surface area contributed by atoms with Gasteiger partial charge in [-0.2, -0.15) is 4.72 Å². The first-order valence-electron chi connectivity index (χ1n) is 10.5. The van der Waals surface area contributed by atoms with Crippen LogP contribution in [0.5, 0.6) is 0 Å². The summed E-state index contributed by atoms with van der Waals surface area (Å²) in [7, 11) is -3.65. The van der Waals surface area contributed by atoms with Crippen LogP contribution in [0.15, 0.2) is 95.9 Å². The fourth-order valence-corrected chi connectivity index (χ4v) is 7.73. The quantitative estimate of drug-likeness (QED) is 0.665. The van der Waals surface area contributed by atoms with Gasteiger partial charge in [-0.15, -0.1) is 0 Å². The van der Waals surface area contributed by atoms with E-state index in [9.17, 15) is 13.2 Å². The van der Waals surface area contributed by atoms with Crippen LogP contribution < -0.4 is 4.72 Å². The Labute approximate surface area is 181 Å². The van der Waals surface area contributed by atoms with Gasteiger partial charge in [0.05, 0.1) is 10.4 Å². The van der Waals surface area contributed by atoms with Crippen molar-refractivity contribution >= 4 is 21.4 Å². The summed E-state index contributed by atoms with van der Waals surface area (Å²) in [6.07, 6.45) is 2.30. The Morgan fingerprint density at radius 2 is 1.48 bits per heavy atom. The van der Waals surface area contributed by atoms with E-state index in [4.69, 9.17) is 0 Å². The van der Waals surface area contributed by atoms with Crippen molar-refractivity contribution in [3.05, 3.63) is 108 Å². The smallest absolute Gasteiger partial charge is 0.241 e. The molecule has 0 amide bonds. The van der Waals surface area contributed by atoms with Gasteiger partial charge in [0.1, 0.15) is 0 Å². The zero-order chi connectivity index (χ0) is 21.2. The van der Waals surface area contributed by atoms with Crippen LogP contribution in [0.4, 0.5) is 0 Å². The molecule has 2 aliphatic carbocycles. The largest absolute Gasteiger partial charge is 0.294 e. The van der Waals surface area contributed by atoms with Crippen LogP contribution in [-0.4, -0.2) is 14.2 Å². The molecule has 1 aliphatic heterocycles. The summed E-state index contributed by atoms with van der Waals surface area (Å²) < 4.78 is 29.4. The summed E-state index contributed by atoms with van der Waals surface area (Å²) in [5.74, 6) is -0.541. The molecule has 3 aliphatic rings. The van der Waals surface area contributed by atoms with Crippen molar-refractivity contribution in [2.24, 2.45) is 11.8 Å². The number of allylic oxidation sites excluding steroid dienone is 1. The average molecular weight is 428 g/mol. The first-order valence-corrected chi connectivity index (χ1v) is 12.0. The van der Waals surface area contributed by atoms with Gasteiger partial charge in [0, 0.05) is 11.8 Å². The zero-order valence-corrected chi connectivity index (χ0v) is 17.5. The van der Waals surface area contributed by atoms with Gasteiger partial charge < -0.3 is 0 Å². The van der Waals surface area contributed by atoms with Crippen molar-refractivity contribution in [1.82, 2.24) is 4.72 Å². The minimum absolute atomic E-state index is 0.0648. The number of hydrogen-bond donors (Lipinski definition) is 1. The minimum Gasteiger partial charge on any atom is -0.294 e. The number of sulfonamides is 1. The molecule has 4 nitrogen and oxygen atoms in total. The molecular weight excluding hydrogens is 406 g/mol. The highest BCUT2D eigenvalue weighted by molar-refractivity contribution is 7.89. The molecule has 31 heavy (non-hydrogen) atoms. The van der Waals surface area contributed by atoms with Crippen LogP contribution in [0, 0.1) is 11.8 Å². The number of ketones is 1. The summed E-state index contributed by atoms with van der Waals surface area (Å²) in [6, 6.07) is 27.1. The first kappa shape index (κ1) is 18.7. The topological polar surface area (TPSA) is 63.2 Å². The Bertz CT molecular complexity index is 1330. The number of carbonyl (C=O) groups excluding carboxylic acids is 1. The molecule has 0 unspecified atom stereocenters. The highest BCUT2D eigenvalue weighted by atomic mass is 32.2. The fraction of sp³-hybridized carbons (Fsp3) is 0.192. The number of benzene rings is 3. The van der Waals surface area contributed by atoms with Gasteiger partial charge in [0.15, 0.2) is 5.78 Å². The van der Waals surface area contributed by atoms with Crippen molar-refractivity contribution in [3.63, 3.8) is 0 Å². The maximum absolute atomic E-state index is 13.4. The van der Waals surface area contributed by atoms with Gasteiger partial charge in [-0.1, -0.05) is 78.9 Å². The number of hydrogen-bond acceptors (Lipinski definition) is 3. The number of rotatable bonds is 2. The van der Waals surface area contributed by atoms with E-state index in [0.717, 1.165) is 22.3 Å². The minimum atomic E-state index is -3.65. The van der Waals surface area contributed by atoms with Crippen LogP contribution in [-0.2, 0) is 20.4 Å². The second-order valence-corrected chi connectivity index (χ2v) is 10.3. The molecule has 0 bridgehead atoms. The van der Waals surface area contributed by atoms with E-state index in [0.29, 0.717) is 11.3 Å². The van der Waals surface area contributed by atoms with Crippen LogP contribution in [0.1, 0.15) is 29.0 Å². The normalized spacial score (nSPS) is 30.3. The van der Waals surface area contributed by atoms with E-state index in [1.807, 2.05) is 72.8 Å². The Balaban J connectivity index is 1.60. The summed E-state index contributed by atoms with van der Waals surface area (Å²) in [6.45, 7) is 0. The molecule has 1 fully saturated rings. The third-order valence-corrected chi connectivity index (χ3v) is 8.70. The van der Waals surface area contributed by atoms with Crippen molar-refractivity contribution in [3.8, 4) is 0 Å². The number of nitrogens with one attached hydrogen (secondary N) is 1. The van der Waals surface area contributed by atoms with Crippen molar-refractivity contribution in [2.45, 2.75) is 22.8 Å². The summed E-state index contributed by atoms with van der Waals surface area (Å²) in [5, 5.41) is 0. The maximum atomic E-state index is 13.4. The highest BCUT2D eigenvalue weighted by Gasteiger charge is 2.64. The van der Waals surface area contributed by atoms with Gasteiger partial charge in [-0.25, -0.2) is 8.42 Å². The molecule has 1 spiro atoms. The molecule has 0 saturated heterocycles. The van der Waals surface area contributed by atoms with Crippen LogP contribution in [0.25, 0.3) is 5.57 Å². The predicted molar refractivity (Wildman–Crippen MR) is 119 cm³/mol. The molecule has 154 valence electrons. The lowest BCUT2D eigenvalue weighted by atomic mass is 9.75. The Hall–Kier alpha value is -3.02. The zero-order valence-electron chi connectivity index (χ0n) is 16.7. The molecule has 0 aromatic heterocycles. The monoisotopic (exact) mass is 427 g/mol. The SMILES string of the molecule is O=C1C=C(c2ccccc2)[C@H]2[C@@H]1[C@H](c1ccccc1)C[C@@]21NS(=O)(=O)c2ccccc21. The van der Waals surface area contributed by atoms with Gasteiger partial charge in [-0.05, 0) is 46.7 Å². The van der Waals surface area contributed by atoms with E-state index in [1.54, 1.807) is 18.2 Å². The summed E-state index contributed by atoms with van der Waals surface area (Å²) in [4.78, 5) is 13.7. The molecule has 6 rings (SSSR count). The Kier molecular flexibility index (Phi) is 3.92. The summed E-state index contributed by atoms with van der Waals surface area (Å²) in [5.41, 5.74) is 2.91. The predicted octanol–water partition coefficient (Wildman–Crippen LogP) is 4.26. The van der Waals surface area contributed by atoms with Crippen LogP contribution in [0.3, 0.4) is 0 Å². The molecule has 1 heterocycles. The summed E-state index contributed by atoms with van der Waals surface area (Å²) >= 11 is 0. The molecular formula is C26H21NO3S. The van der Waals surface area contributed by atoms with E-state index < -0.39 is 15.6 Å². The van der Waals surface area contributed by atoms with E-state index >= 15 is 0 Å². The first-order chi connectivity index (χ1) is 15.0. The van der Waals surface area contributed by atoms with Crippen LogP contribution >= 0.6 is 0 Å². The number of fused-ring (bicyclic) bond motifs is 4. The lowest BCUT2D eigenvalue weighted by Gasteiger charge is -2.33. The number of carbonyl (C=O) groups is 1. The average Bonchev–Trinajstić information content (AvgIpc) is 3.39. The van der Waals surface area contributed by atoms with Crippen molar-refractivity contribution < 1.29 is 13.2 Å². The molecule has 3 aromatic carbocycles. The standard InChI is InChI=1S/C26H21NO3S/c28-22-15-19(17-9-3-1-4-10-17)25-24(22)20(18-11-5-2-6-12-18)16-26(25)21-13-7-8-14-23(21)31(29,30)27-26/h1-15,20,24-25,27H,16H2/t20-,24+,25-,26-/m0/s1.